The van der Waals surface area contributed by atoms with Crippen LogP contribution in [0.1, 0.15) is 83.1 Å². The Bertz CT molecular complexity index is 1680. The average molecular weight is 958 g/mol. The summed E-state index contributed by atoms with van der Waals surface area (Å²) in [6, 6.07) is -1.58. The minimum Gasteiger partial charge on any atom is -0.463 e. The first-order valence-corrected chi connectivity index (χ1v) is 20.2. The number of halogens is 1. The summed E-state index contributed by atoms with van der Waals surface area (Å²) in [6.07, 6.45) is -20.8. The van der Waals surface area contributed by atoms with Crippen molar-refractivity contribution in [2.45, 2.75) is 163 Å². The van der Waals surface area contributed by atoms with Crippen LogP contribution >= 0.6 is 0 Å². The minimum atomic E-state index is -2.67. The van der Waals surface area contributed by atoms with Crippen LogP contribution in [0, 0.1) is 0 Å². The van der Waals surface area contributed by atoms with Gasteiger partial charge in [0.05, 0.1) is 6.10 Å². The van der Waals surface area contributed by atoms with Crippen LogP contribution in [-0.4, -0.2) is 173 Å². The Balaban J connectivity index is 3.97. The van der Waals surface area contributed by atoms with E-state index in [1.54, 1.807) is 0 Å². The molecule has 1 aliphatic rings. The van der Waals surface area contributed by atoms with Crippen LogP contribution in [0.2, 0.25) is 0 Å². The summed E-state index contributed by atoms with van der Waals surface area (Å²) in [5.74, 6) is -8.67. The second-order valence-electron chi connectivity index (χ2n) is 14.5. The van der Waals surface area contributed by atoms with Crippen molar-refractivity contribution in [1.29, 1.82) is 0 Å². The lowest BCUT2D eigenvalue weighted by Crippen LogP contribution is -2.63. The molecule has 0 spiro atoms. The smallest absolute Gasteiger partial charge is 0.303 e. The van der Waals surface area contributed by atoms with Crippen LogP contribution in [0.15, 0.2) is 0 Å². The van der Waals surface area contributed by atoms with Gasteiger partial charge < -0.3 is 71.6 Å². The van der Waals surface area contributed by atoms with Gasteiger partial charge >= 0.3 is 53.7 Å². The molecule has 6 unspecified atom stereocenters. The Morgan fingerprint density at radius 2 is 0.924 bits per heavy atom. The fourth-order valence-electron chi connectivity index (χ4n) is 5.76. The van der Waals surface area contributed by atoms with Crippen LogP contribution in [0.3, 0.4) is 0 Å². The first-order chi connectivity index (χ1) is 30.7. The number of ether oxygens (including phenoxy) is 14. The van der Waals surface area contributed by atoms with Gasteiger partial charge in [0.25, 0.3) is 0 Å². The molecule has 0 radical (unpaired) electrons. The predicted molar refractivity (Wildman–Crippen MR) is 211 cm³/mol. The van der Waals surface area contributed by atoms with Crippen molar-refractivity contribution >= 4 is 59.6 Å². The lowest BCUT2D eigenvalue weighted by molar-refractivity contribution is -0.330. The van der Waals surface area contributed by atoms with Gasteiger partial charge in [-0.15, -0.1) is 0 Å². The van der Waals surface area contributed by atoms with E-state index < -0.39 is 173 Å². The van der Waals surface area contributed by atoms with Gasteiger partial charge in [-0.05, 0) is 13.8 Å². The summed E-state index contributed by atoms with van der Waals surface area (Å²) in [6.45, 7) is 9.17. The molecule has 1 fully saturated rings. The Labute approximate surface area is 379 Å². The minimum absolute atomic E-state index is 0.624. The van der Waals surface area contributed by atoms with Crippen molar-refractivity contribution < 1.29 is 119 Å². The van der Waals surface area contributed by atoms with Crippen LogP contribution in [-0.2, 0) is 114 Å². The quantitative estimate of drug-likeness (QED) is 0.0641. The summed E-state index contributed by atoms with van der Waals surface area (Å²) in [7, 11) is 0. The first kappa shape index (κ1) is 58.4. The number of carbonyl (C=O) groups is 10. The number of amides is 1. The molecule has 0 saturated carbocycles. The first-order valence-electron chi connectivity index (χ1n) is 20.2. The third-order valence-electron chi connectivity index (χ3n) is 8.45. The zero-order chi connectivity index (χ0) is 50.4. The van der Waals surface area contributed by atoms with Crippen molar-refractivity contribution in [2.24, 2.45) is 0 Å². The highest BCUT2D eigenvalue weighted by Crippen LogP contribution is 2.32. The van der Waals surface area contributed by atoms with Crippen molar-refractivity contribution in [1.82, 2.24) is 5.32 Å². The van der Waals surface area contributed by atoms with Gasteiger partial charge in [0, 0.05) is 69.2 Å². The lowest BCUT2D eigenvalue weighted by atomic mass is 9.98. The third kappa shape index (κ3) is 23.1. The highest BCUT2D eigenvalue weighted by molar-refractivity contribution is 5.73. The highest BCUT2D eigenvalue weighted by Gasteiger charge is 2.53. The van der Waals surface area contributed by atoms with Gasteiger partial charge in [-0.25, -0.2) is 4.39 Å². The van der Waals surface area contributed by atoms with E-state index >= 15 is 4.39 Å². The molecule has 26 heteroatoms. The molecular formula is C40H60FNO24. The molecule has 1 rings (SSSR count). The fraction of sp³-hybridized carbons (Fsp3) is 0.750. The molecular weight excluding hydrogens is 897 g/mol. The fourth-order valence-corrected chi connectivity index (χ4v) is 5.76. The van der Waals surface area contributed by atoms with Crippen LogP contribution < -0.4 is 5.32 Å². The molecule has 25 nitrogen and oxygen atoms in total. The number of hydrogen-bond donors (Lipinski definition) is 1. The average Bonchev–Trinajstić information content (AvgIpc) is 3.17. The molecule has 0 aromatic heterocycles. The summed E-state index contributed by atoms with van der Waals surface area (Å²) in [5.41, 5.74) is 0. The highest BCUT2D eigenvalue weighted by atomic mass is 19.1. The largest absolute Gasteiger partial charge is 0.463 e. The predicted octanol–water partition coefficient (Wildman–Crippen LogP) is -0.0394. The molecule has 0 aromatic carbocycles. The molecule has 0 aromatic rings. The number of carbonyl (C=O) groups excluding carboxylic acids is 10. The second-order valence-corrected chi connectivity index (χ2v) is 14.5. The monoisotopic (exact) mass is 957 g/mol. The van der Waals surface area contributed by atoms with Crippen molar-refractivity contribution in [3.63, 3.8) is 0 Å². The SMILES string of the molecule is CC(=O)N[C@@H](COC(C)=O)C(OC(COC(C)=O)[C@H](C)OC1OC(COC(C)=O)[C@H](OC(C)=O)[C@H](OC(C)=O)[C@@H]1OC(C)=O)O[C@H](COC(C)=O)C(F)OC(COC(C)=O)[C@H](C)OC(C)=O. The maximum Gasteiger partial charge on any atom is 0.303 e. The molecule has 1 heterocycles. The van der Waals surface area contributed by atoms with Crippen molar-refractivity contribution in [3.05, 3.63) is 0 Å². The number of hydrogen-bond acceptors (Lipinski definition) is 24. The van der Waals surface area contributed by atoms with Crippen LogP contribution in [0.4, 0.5) is 4.39 Å². The molecule has 66 heavy (non-hydrogen) atoms. The number of alkyl halides is 1. The molecule has 1 N–H and O–H groups in total. The Hall–Kier alpha value is -5.57. The Morgan fingerprint density at radius 1 is 0.500 bits per heavy atom. The second kappa shape index (κ2) is 29.1. The molecule has 0 aliphatic carbocycles. The van der Waals surface area contributed by atoms with E-state index in [0.29, 0.717) is 0 Å². The maximum absolute atomic E-state index is 16.5. The zero-order valence-corrected chi connectivity index (χ0v) is 38.7. The van der Waals surface area contributed by atoms with Gasteiger partial charge in [0.15, 0.2) is 37.0 Å². The molecule has 0 bridgehead atoms. The molecule has 376 valence electrons. The van der Waals surface area contributed by atoms with E-state index in [0.717, 1.165) is 69.2 Å². The van der Waals surface area contributed by atoms with Gasteiger partial charge in [-0.2, -0.15) is 0 Å². The zero-order valence-electron chi connectivity index (χ0n) is 38.7. The topological polar surface area (TPSA) is 312 Å². The Morgan fingerprint density at radius 3 is 1.38 bits per heavy atom. The van der Waals surface area contributed by atoms with E-state index in [4.69, 9.17) is 66.3 Å². The van der Waals surface area contributed by atoms with E-state index in [9.17, 15) is 47.9 Å². The Kier molecular flexibility index (Phi) is 25.8. The third-order valence-corrected chi connectivity index (χ3v) is 8.45. The number of rotatable bonds is 27. The molecule has 1 aliphatic heterocycles. The summed E-state index contributed by atoms with van der Waals surface area (Å²) in [5, 5.41) is 2.44. The van der Waals surface area contributed by atoms with Crippen LogP contribution in [0.25, 0.3) is 0 Å². The molecule has 13 atom stereocenters. The standard InChI is InChI=1S/C40H60FNO24/c1-18(58-26(9)49)31(14-54-22(5)45)63-38(41)34(17-57-25(8)48)66-39(30(42-20(3)43)13-53-21(4)44)64-32(15-55-23(6)46)19(2)59-40-37(62-29(12)52)36(61-28(11)51)35(60-27(10)50)33(65-40)16-56-24(7)47/h18-19,30-40H,13-17H2,1-12H3,(H,42,43)/t18-,19-,30-,31?,32?,33?,34+,35-,36-,37-,38?,39?,40?/m0/s1. The van der Waals surface area contributed by atoms with Gasteiger partial charge in [-0.1, -0.05) is 0 Å². The molecule has 1 amide bonds. The van der Waals surface area contributed by atoms with Crippen molar-refractivity contribution in [2.75, 3.05) is 33.0 Å². The van der Waals surface area contributed by atoms with Crippen molar-refractivity contribution in [3.8, 4) is 0 Å². The maximum atomic E-state index is 16.5. The van der Waals surface area contributed by atoms with Crippen LogP contribution in [0.5, 0.6) is 0 Å². The van der Waals surface area contributed by atoms with E-state index in [-0.39, 0.29) is 0 Å². The summed E-state index contributed by atoms with van der Waals surface area (Å²) < 4.78 is 93.3. The van der Waals surface area contributed by atoms with Gasteiger partial charge in [0.1, 0.15) is 63.5 Å². The van der Waals surface area contributed by atoms with E-state index in [1.165, 1.54) is 13.8 Å². The normalized spacial score (nSPS) is 21.6. The van der Waals surface area contributed by atoms with E-state index in [2.05, 4.69) is 5.32 Å². The van der Waals surface area contributed by atoms with E-state index in [1.807, 2.05) is 0 Å². The molecule has 1 saturated heterocycles. The van der Waals surface area contributed by atoms with Gasteiger partial charge in [0.2, 0.25) is 12.3 Å². The summed E-state index contributed by atoms with van der Waals surface area (Å²) in [4.78, 5) is 121. The number of nitrogens with one attached hydrogen (secondary N) is 1. The van der Waals surface area contributed by atoms with Gasteiger partial charge in [-0.3, -0.25) is 47.9 Å². The lowest BCUT2D eigenvalue weighted by Gasteiger charge is -2.45. The summed E-state index contributed by atoms with van der Waals surface area (Å²) >= 11 is 0. The number of esters is 9.